The van der Waals surface area contributed by atoms with Crippen molar-refractivity contribution >= 4 is 67.2 Å². The van der Waals surface area contributed by atoms with Crippen LogP contribution < -0.4 is 10.3 Å². The van der Waals surface area contributed by atoms with E-state index in [1.165, 1.54) is 10.9 Å². The van der Waals surface area contributed by atoms with Crippen molar-refractivity contribution in [3.63, 3.8) is 0 Å². The van der Waals surface area contributed by atoms with Crippen molar-refractivity contribution in [1.82, 2.24) is 9.66 Å². The average molecular weight is 567 g/mol. The summed E-state index contributed by atoms with van der Waals surface area (Å²) in [6.07, 6.45) is 6.76. The molecule has 35 heavy (non-hydrogen) atoms. The van der Waals surface area contributed by atoms with Crippen molar-refractivity contribution in [3.8, 4) is 29.7 Å². The lowest BCUT2D eigenvalue weighted by atomic mass is 10.2. The van der Waals surface area contributed by atoms with E-state index in [0.29, 0.717) is 48.1 Å². The Labute approximate surface area is 217 Å². The predicted octanol–water partition coefficient (Wildman–Crippen LogP) is 6.77. The maximum Gasteiger partial charge on any atom is 0.282 e. The SMILES string of the molecule is C#CCOc1c(Cl)cc(C=Nn2c(-c3cc4cc(Cl)ccc4o3)nc3ccccc3c2=O)cc1Br. The van der Waals surface area contributed by atoms with Crippen LogP contribution in [-0.4, -0.2) is 22.5 Å². The molecule has 2 heterocycles. The van der Waals surface area contributed by atoms with Gasteiger partial charge in [-0.05, 0) is 70.0 Å². The standard InChI is InChI=1S/C26H14BrCl2N3O3/c1-2-9-34-24-19(27)10-15(11-20(24)29)14-30-32-25(31-21-6-4-3-5-18(21)26(32)33)23-13-16-12-17(28)7-8-22(16)35-23/h1,3-8,10-14H,9H2. The van der Waals surface area contributed by atoms with Crippen LogP contribution >= 0.6 is 39.1 Å². The summed E-state index contributed by atoms with van der Waals surface area (Å²) in [5.41, 5.74) is 1.41. The van der Waals surface area contributed by atoms with Crippen LogP contribution in [0.15, 0.2) is 79.4 Å². The fourth-order valence-corrected chi connectivity index (χ4v) is 4.71. The van der Waals surface area contributed by atoms with Crippen molar-refractivity contribution in [2.75, 3.05) is 6.61 Å². The first-order valence-electron chi connectivity index (χ1n) is 10.3. The maximum atomic E-state index is 13.4. The molecule has 0 aliphatic carbocycles. The molecule has 0 aliphatic rings. The molecule has 0 N–H and O–H groups in total. The van der Waals surface area contributed by atoms with Crippen LogP contribution in [0, 0.1) is 12.3 Å². The zero-order valence-electron chi connectivity index (χ0n) is 17.8. The summed E-state index contributed by atoms with van der Waals surface area (Å²) in [4.78, 5) is 18.1. The van der Waals surface area contributed by atoms with Gasteiger partial charge in [0, 0.05) is 10.4 Å². The molecule has 0 aliphatic heterocycles. The number of hydrogen-bond acceptors (Lipinski definition) is 5. The van der Waals surface area contributed by atoms with E-state index in [2.05, 4.69) is 31.9 Å². The second-order valence-electron chi connectivity index (χ2n) is 7.41. The monoisotopic (exact) mass is 565 g/mol. The minimum atomic E-state index is -0.348. The first kappa shape index (κ1) is 23.2. The van der Waals surface area contributed by atoms with Gasteiger partial charge in [0.15, 0.2) is 11.5 Å². The second-order valence-corrected chi connectivity index (χ2v) is 9.11. The van der Waals surface area contributed by atoms with Gasteiger partial charge in [0.2, 0.25) is 5.82 Å². The third-order valence-corrected chi connectivity index (χ3v) is 6.20. The molecular weight excluding hydrogens is 553 g/mol. The number of rotatable bonds is 5. The van der Waals surface area contributed by atoms with Gasteiger partial charge in [-0.1, -0.05) is 41.3 Å². The topological polar surface area (TPSA) is 69.6 Å². The third kappa shape index (κ3) is 4.56. The zero-order valence-corrected chi connectivity index (χ0v) is 20.9. The van der Waals surface area contributed by atoms with Gasteiger partial charge in [0.25, 0.3) is 5.56 Å². The number of fused-ring (bicyclic) bond motifs is 2. The number of halogens is 3. The molecule has 0 amide bonds. The lowest BCUT2D eigenvalue weighted by Gasteiger charge is -2.09. The molecule has 6 nitrogen and oxygen atoms in total. The van der Waals surface area contributed by atoms with Crippen molar-refractivity contribution < 1.29 is 9.15 Å². The molecule has 0 saturated carbocycles. The number of ether oxygens (including phenoxy) is 1. The van der Waals surface area contributed by atoms with Gasteiger partial charge in [-0.15, -0.1) is 6.42 Å². The van der Waals surface area contributed by atoms with Gasteiger partial charge < -0.3 is 9.15 Å². The van der Waals surface area contributed by atoms with Crippen molar-refractivity contribution in [3.05, 3.63) is 91.1 Å². The molecule has 0 saturated heterocycles. The van der Waals surface area contributed by atoms with Crippen LogP contribution in [0.2, 0.25) is 10.0 Å². The normalized spacial score (nSPS) is 11.4. The Morgan fingerprint density at radius 2 is 2.00 bits per heavy atom. The Morgan fingerprint density at radius 3 is 2.80 bits per heavy atom. The largest absolute Gasteiger partial charge is 0.478 e. The lowest BCUT2D eigenvalue weighted by molar-refractivity contribution is 0.368. The molecule has 5 rings (SSSR count). The lowest BCUT2D eigenvalue weighted by Crippen LogP contribution is -2.20. The van der Waals surface area contributed by atoms with Crippen LogP contribution in [0.5, 0.6) is 5.75 Å². The van der Waals surface area contributed by atoms with E-state index in [9.17, 15) is 4.79 Å². The van der Waals surface area contributed by atoms with Crippen LogP contribution in [0.4, 0.5) is 0 Å². The fourth-order valence-electron chi connectivity index (χ4n) is 3.54. The highest BCUT2D eigenvalue weighted by molar-refractivity contribution is 9.10. The van der Waals surface area contributed by atoms with E-state index < -0.39 is 0 Å². The Morgan fingerprint density at radius 1 is 1.17 bits per heavy atom. The molecule has 0 radical (unpaired) electrons. The Kier molecular flexibility index (Phi) is 6.35. The van der Waals surface area contributed by atoms with Crippen molar-refractivity contribution in [2.45, 2.75) is 0 Å². The third-order valence-electron chi connectivity index (χ3n) is 5.10. The first-order valence-corrected chi connectivity index (χ1v) is 11.8. The summed E-state index contributed by atoms with van der Waals surface area (Å²) in [5.74, 6) is 3.44. The van der Waals surface area contributed by atoms with E-state index in [0.717, 1.165) is 5.39 Å². The van der Waals surface area contributed by atoms with Gasteiger partial charge in [0.05, 0.1) is 26.6 Å². The Balaban J connectivity index is 1.65. The number of hydrogen-bond donors (Lipinski definition) is 0. The fraction of sp³-hybridized carbons (Fsp3) is 0.0385. The molecular formula is C26H14BrCl2N3O3. The van der Waals surface area contributed by atoms with Crippen LogP contribution in [-0.2, 0) is 0 Å². The van der Waals surface area contributed by atoms with Crippen LogP contribution in [0.25, 0.3) is 33.5 Å². The summed E-state index contributed by atoms with van der Waals surface area (Å²) in [6.45, 7) is 0.0793. The van der Waals surface area contributed by atoms with Gasteiger partial charge >= 0.3 is 0 Å². The summed E-state index contributed by atoms with van der Waals surface area (Å²) in [5, 5.41) is 6.56. The maximum absolute atomic E-state index is 13.4. The van der Waals surface area contributed by atoms with Gasteiger partial charge in [-0.3, -0.25) is 4.79 Å². The van der Waals surface area contributed by atoms with Crippen LogP contribution in [0.3, 0.4) is 0 Å². The summed E-state index contributed by atoms with van der Waals surface area (Å²) in [6, 6.07) is 17.5. The number of benzene rings is 3. The minimum Gasteiger partial charge on any atom is -0.478 e. The average Bonchev–Trinajstić information content (AvgIpc) is 3.26. The van der Waals surface area contributed by atoms with E-state index in [4.69, 9.17) is 38.8 Å². The molecule has 9 heteroatoms. The molecule has 0 spiro atoms. The summed E-state index contributed by atoms with van der Waals surface area (Å²) < 4.78 is 13.2. The smallest absolute Gasteiger partial charge is 0.282 e. The van der Waals surface area contributed by atoms with E-state index >= 15 is 0 Å². The van der Waals surface area contributed by atoms with Crippen molar-refractivity contribution in [2.24, 2.45) is 5.10 Å². The highest BCUT2D eigenvalue weighted by Crippen LogP contribution is 2.34. The summed E-state index contributed by atoms with van der Waals surface area (Å²) in [7, 11) is 0. The number of para-hydroxylation sites is 1. The first-order chi connectivity index (χ1) is 16.9. The Hall–Kier alpha value is -3.57. The van der Waals surface area contributed by atoms with E-state index in [1.54, 1.807) is 54.6 Å². The molecule has 0 bridgehead atoms. The highest BCUT2D eigenvalue weighted by Gasteiger charge is 2.17. The highest BCUT2D eigenvalue weighted by atomic mass is 79.9. The van der Waals surface area contributed by atoms with Gasteiger partial charge in [-0.2, -0.15) is 9.78 Å². The predicted molar refractivity (Wildman–Crippen MR) is 143 cm³/mol. The number of aromatic nitrogens is 2. The summed E-state index contributed by atoms with van der Waals surface area (Å²) >= 11 is 15.9. The zero-order chi connectivity index (χ0) is 24.5. The minimum absolute atomic E-state index is 0.0793. The number of terminal acetylenes is 1. The molecule has 0 fully saturated rings. The Bertz CT molecular complexity index is 1710. The quantitative estimate of drug-likeness (QED) is 0.174. The molecule has 3 aromatic carbocycles. The molecule has 0 unspecified atom stereocenters. The molecule has 172 valence electrons. The number of furan rings is 1. The molecule has 0 atom stereocenters. The number of nitrogens with zero attached hydrogens (tertiary/aromatic N) is 3. The second kappa shape index (κ2) is 9.59. The van der Waals surface area contributed by atoms with Crippen molar-refractivity contribution in [1.29, 1.82) is 0 Å². The molecule has 5 aromatic rings. The van der Waals surface area contributed by atoms with Gasteiger partial charge in [-0.25, -0.2) is 4.98 Å². The van der Waals surface area contributed by atoms with Crippen LogP contribution in [0.1, 0.15) is 5.56 Å². The van der Waals surface area contributed by atoms with Gasteiger partial charge in [0.1, 0.15) is 12.2 Å². The molecule has 2 aromatic heterocycles. The van der Waals surface area contributed by atoms with E-state index in [1.807, 2.05) is 6.07 Å². The van der Waals surface area contributed by atoms with E-state index in [-0.39, 0.29) is 18.0 Å².